The second-order valence-corrected chi connectivity index (χ2v) is 6.47. The third kappa shape index (κ3) is 3.51. The minimum Gasteiger partial charge on any atom is -0.378 e. The van der Waals surface area contributed by atoms with Crippen LogP contribution >= 0.6 is 0 Å². The van der Waals surface area contributed by atoms with Gasteiger partial charge >= 0.3 is 6.01 Å². The molecule has 2 aliphatic rings. The van der Waals surface area contributed by atoms with E-state index in [0.29, 0.717) is 38.1 Å². The first-order valence-electron chi connectivity index (χ1n) is 8.82. The number of hydrogen-bond acceptors (Lipinski definition) is 6. The molecule has 0 bridgehead atoms. The molecule has 7 nitrogen and oxygen atoms in total. The van der Waals surface area contributed by atoms with Crippen molar-refractivity contribution in [2.45, 2.75) is 12.8 Å². The van der Waals surface area contributed by atoms with Crippen molar-refractivity contribution < 1.29 is 14.1 Å². The Morgan fingerprint density at radius 3 is 2.48 bits per heavy atom. The summed E-state index contributed by atoms with van der Waals surface area (Å²) in [4.78, 5) is 21.1. The molecule has 1 aromatic carbocycles. The first-order chi connectivity index (χ1) is 12.3. The Labute approximate surface area is 146 Å². The number of piperidine rings is 1. The van der Waals surface area contributed by atoms with Crippen LogP contribution in [0.2, 0.25) is 0 Å². The molecule has 1 aromatic heterocycles. The van der Waals surface area contributed by atoms with Crippen molar-refractivity contribution in [3.05, 3.63) is 30.3 Å². The summed E-state index contributed by atoms with van der Waals surface area (Å²) in [7, 11) is 0. The fourth-order valence-electron chi connectivity index (χ4n) is 3.41. The summed E-state index contributed by atoms with van der Waals surface area (Å²) in [6, 6.07) is 10.3. The predicted octanol–water partition coefficient (Wildman–Crippen LogP) is 1.81. The molecule has 2 aromatic rings. The summed E-state index contributed by atoms with van der Waals surface area (Å²) in [5.41, 5.74) is 0.940. The number of aromatic nitrogens is 2. The molecule has 0 atom stereocenters. The SMILES string of the molecule is O=C(C1CCN(c2nc(-c3ccccc3)no2)CC1)N1CCOCC1. The second kappa shape index (κ2) is 7.23. The number of nitrogens with zero attached hydrogens (tertiary/aromatic N) is 4. The van der Waals surface area contributed by atoms with E-state index in [2.05, 4.69) is 15.0 Å². The van der Waals surface area contributed by atoms with Gasteiger partial charge in [-0.05, 0) is 12.8 Å². The van der Waals surface area contributed by atoms with Gasteiger partial charge in [-0.3, -0.25) is 4.79 Å². The maximum Gasteiger partial charge on any atom is 0.324 e. The van der Waals surface area contributed by atoms with Gasteiger partial charge in [0.15, 0.2) is 0 Å². The average molecular weight is 342 g/mol. The summed E-state index contributed by atoms with van der Waals surface area (Å²) >= 11 is 0. The van der Waals surface area contributed by atoms with E-state index in [4.69, 9.17) is 9.26 Å². The first-order valence-corrected chi connectivity index (χ1v) is 8.82. The lowest BCUT2D eigenvalue weighted by atomic mass is 9.95. The van der Waals surface area contributed by atoms with Crippen LogP contribution in [-0.4, -0.2) is 60.3 Å². The molecule has 3 heterocycles. The van der Waals surface area contributed by atoms with E-state index in [1.807, 2.05) is 35.2 Å². The summed E-state index contributed by atoms with van der Waals surface area (Å²) < 4.78 is 10.7. The van der Waals surface area contributed by atoms with Gasteiger partial charge in [0.1, 0.15) is 0 Å². The van der Waals surface area contributed by atoms with Crippen LogP contribution in [-0.2, 0) is 9.53 Å². The highest BCUT2D eigenvalue weighted by Gasteiger charge is 2.31. The first kappa shape index (κ1) is 16.1. The lowest BCUT2D eigenvalue weighted by Crippen LogP contribution is -2.46. The van der Waals surface area contributed by atoms with E-state index >= 15 is 0 Å². The molecular weight excluding hydrogens is 320 g/mol. The van der Waals surface area contributed by atoms with Crippen molar-refractivity contribution in [1.29, 1.82) is 0 Å². The average Bonchev–Trinajstić information content (AvgIpc) is 3.19. The lowest BCUT2D eigenvalue weighted by Gasteiger charge is -2.34. The van der Waals surface area contributed by atoms with Gasteiger partial charge in [-0.2, -0.15) is 4.98 Å². The minimum absolute atomic E-state index is 0.0888. The van der Waals surface area contributed by atoms with Crippen LogP contribution < -0.4 is 4.90 Å². The number of carbonyl (C=O) groups is 1. The molecule has 2 aliphatic heterocycles. The molecule has 1 amide bonds. The highest BCUT2D eigenvalue weighted by Crippen LogP contribution is 2.25. The van der Waals surface area contributed by atoms with Crippen LogP contribution in [0.3, 0.4) is 0 Å². The van der Waals surface area contributed by atoms with Gasteiger partial charge in [-0.25, -0.2) is 0 Å². The number of ether oxygens (including phenoxy) is 1. The molecule has 0 aliphatic carbocycles. The molecule has 0 saturated carbocycles. The summed E-state index contributed by atoms with van der Waals surface area (Å²) in [6.07, 6.45) is 1.64. The van der Waals surface area contributed by atoms with Crippen LogP contribution in [0.25, 0.3) is 11.4 Å². The van der Waals surface area contributed by atoms with Gasteiger partial charge in [0.2, 0.25) is 11.7 Å². The summed E-state index contributed by atoms with van der Waals surface area (Å²) in [5.74, 6) is 0.950. The van der Waals surface area contributed by atoms with Crippen molar-refractivity contribution >= 4 is 11.9 Å². The van der Waals surface area contributed by atoms with Crippen molar-refractivity contribution in [1.82, 2.24) is 15.0 Å². The van der Waals surface area contributed by atoms with Gasteiger partial charge < -0.3 is 19.1 Å². The maximum absolute atomic E-state index is 12.6. The molecule has 2 fully saturated rings. The third-order valence-electron chi connectivity index (χ3n) is 4.88. The van der Waals surface area contributed by atoms with Crippen LogP contribution in [0.5, 0.6) is 0 Å². The number of rotatable bonds is 3. The third-order valence-corrected chi connectivity index (χ3v) is 4.88. The Kier molecular flexibility index (Phi) is 4.65. The molecule has 0 spiro atoms. The fraction of sp³-hybridized carbons (Fsp3) is 0.500. The Balaban J connectivity index is 1.36. The number of hydrogen-bond donors (Lipinski definition) is 0. The predicted molar refractivity (Wildman–Crippen MR) is 92.1 cm³/mol. The van der Waals surface area contributed by atoms with Crippen molar-refractivity contribution in [3.8, 4) is 11.4 Å². The number of carbonyl (C=O) groups excluding carboxylic acids is 1. The zero-order valence-corrected chi connectivity index (χ0v) is 14.1. The van der Waals surface area contributed by atoms with Crippen molar-refractivity contribution in [3.63, 3.8) is 0 Å². The molecule has 2 saturated heterocycles. The van der Waals surface area contributed by atoms with Gasteiger partial charge in [0.05, 0.1) is 13.2 Å². The molecule has 0 N–H and O–H groups in total. The summed E-state index contributed by atoms with van der Waals surface area (Å²) in [6.45, 7) is 4.24. The van der Waals surface area contributed by atoms with E-state index in [-0.39, 0.29) is 11.8 Å². The standard InChI is InChI=1S/C18H22N4O3/c23-17(21-10-12-24-13-11-21)15-6-8-22(9-7-15)18-19-16(20-25-18)14-4-2-1-3-5-14/h1-5,15H,6-13H2. The smallest absolute Gasteiger partial charge is 0.324 e. The van der Waals surface area contributed by atoms with E-state index in [1.165, 1.54) is 0 Å². The van der Waals surface area contributed by atoms with E-state index in [9.17, 15) is 4.79 Å². The van der Waals surface area contributed by atoms with Gasteiger partial charge in [-0.15, -0.1) is 0 Å². The Hall–Kier alpha value is -2.41. The molecular formula is C18H22N4O3. The number of benzene rings is 1. The minimum atomic E-state index is 0.0888. The lowest BCUT2D eigenvalue weighted by molar-refractivity contribution is -0.140. The summed E-state index contributed by atoms with van der Waals surface area (Å²) in [5, 5.41) is 4.07. The molecule has 7 heteroatoms. The number of amides is 1. The normalized spacial score (nSPS) is 19.2. The molecule has 25 heavy (non-hydrogen) atoms. The Morgan fingerprint density at radius 1 is 1.04 bits per heavy atom. The quantitative estimate of drug-likeness (QED) is 0.847. The van der Waals surface area contributed by atoms with Crippen LogP contribution in [0, 0.1) is 5.92 Å². The molecule has 0 unspecified atom stereocenters. The van der Waals surface area contributed by atoms with Gasteiger partial charge in [0.25, 0.3) is 0 Å². The fourth-order valence-corrected chi connectivity index (χ4v) is 3.41. The second-order valence-electron chi connectivity index (χ2n) is 6.47. The largest absolute Gasteiger partial charge is 0.378 e. The van der Waals surface area contributed by atoms with E-state index < -0.39 is 0 Å². The zero-order chi connectivity index (χ0) is 17.1. The van der Waals surface area contributed by atoms with E-state index in [0.717, 1.165) is 31.5 Å². The van der Waals surface area contributed by atoms with Crippen LogP contribution in [0.15, 0.2) is 34.9 Å². The molecule has 0 radical (unpaired) electrons. The zero-order valence-electron chi connectivity index (χ0n) is 14.1. The number of morpholine rings is 1. The highest BCUT2D eigenvalue weighted by molar-refractivity contribution is 5.79. The van der Waals surface area contributed by atoms with Crippen molar-refractivity contribution in [2.75, 3.05) is 44.3 Å². The molecule has 132 valence electrons. The van der Waals surface area contributed by atoms with Crippen LogP contribution in [0.4, 0.5) is 6.01 Å². The highest BCUT2D eigenvalue weighted by atomic mass is 16.5. The molecule has 4 rings (SSSR count). The Bertz CT molecular complexity index is 704. The maximum atomic E-state index is 12.6. The van der Waals surface area contributed by atoms with E-state index in [1.54, 1.807) is 0 Å². The topological polar surface area (TPSA) is 71.7 Å². The van der Waals surface area contributed by atoms with Crippen molar-refractivity contribution in [2.24, 2.45) is 5.92 Å². The van der Waals surface area contributed by atoms with Gasteiger partial charge in [0, 0.05) is 37.7 Å². The monoisotopic (exact) mass is 342 g/mol. The Morgan fingerprint density at radius 2 is 1.76 bits per heavy atom. The number of anilines is 1. The van der Waals surface area contributed by atoms with Gasteiger partial charge in [-0.1, -0.05) is 35.5 Å². The van der Waals surface area contributed by atoms with Crippen LogP contribution in [0.1, 0.15) is 12.8 Å².